The number of aromatic nitrogens is 3. The molecule has 8 nitrogen and oxygen atoms in total. The van der Waals surface area contributed by atoms with E-state index in [1.807, 2.05) is 0 Å². The maximum Gasteiger partial charge on any atom is 0.281 e. The zero-order valence-electron chi connectivity index (χ0n) is 9.69. The number of thiazole rings is 1. The summed E-state index contributed by atoms with van der Waals surface area (Å²) in [6.07, 6.45) is 4.14. The van der Waals surface area contributed by atoms with Gasteiger partial charge in [0.2, 0.25) is 5.03 Å². The summed E-state index contributed by atoms with van der Waals surface area (Å²) in [5.41, 5.74) is 0.257. The van der Waals surface area contributed by atoms with E-state index < -0.39 is 10.0 Å². The largest absolute Gasteiger partial charge is 0.371 e. The number of nitrogens with one attached hydrogen (secondary N) is 2. The van der Waals surface area contributed by atoms with Gasteiger partial charge in [-0.3, -0.25) is 9.12 Å². The molecule has 0 radical (unpaired) electrons. The van der Waals surface area contributed by atoms with E-state index in [1.165, 1.54) is 28.2 Å². The van der Waals surface area contributed by atoms with Crippen LogP contribution in [0.4, 0.5) is 11.5 Å². The second-order valence-corrected chi connectivity index (χ2v) is 6.06. The van der Waals surface area contributed by atoms with Crippen molar-refractivity contribution in [3.8, 4) is 0 Å². The number of anilines is 2. The molecule has 10 heteroatoms. The minimum atomic E-state index is -3.78. The van der Waals surface area contributed by atoms with Crippen LogP contribution in [0.25, 0.3) is 4.96 Å². The molecule has 0 amide bonds. The van der Waals surface area contributed by atoms with E-state index in [0.29, 0.717) is 4.96 Å². The molecule has 3 rings (SSSR count). The third kappa shape index (κ3) is 1.94. The molecule has 2 N–H and O–H groups in total. The first-order valence-electron chi connectivity index (χ1n) is 5.17. The van der Waals surface area contributed by atoms with Gasteiger partial charge in [-0.05, 0) is 0 Å². The lowest BCUT2D eigenvalue weighted by atomic mass is 10.6. The van der Waals surface area contributed by atoms with Crippen molar-refractivity contribution in [3.05, 3.63) is 24.0 Å². The molecule has 3 heterocycles. The second-order valence-electron chi connectivity index (χ2n) is 3.59. The van der Waals surface area contributed by atoms with Gasteiger partial charge in [0.25, 0.3) is 10.0 Å². The van der Waals surface area contributed by atoms with Crippen molar-refractivity contribution in [3.63, 3.8) is 0 Å². The summed E-state index contributed by atoms with van der Waals surface area (Å²) in [5, 5.41) is 8.03. The van der Waals surface area contributed by atoms with Crippen molar-refractivity contribution in [2.45, 2.75) is 5.03 Å². The highest BCUT2D eigenvalue weighted by molar-refractivity contribution is 7.92. The van der Waals surface area contributed by atoms with E-state index in [-0.39, 0.29) is 16.5 Å². The molecule has 0 aliphatic heterocycles. The number of hydrogen-bond acceptors (Lipinski definition) is 7. The number of fused-ring (bicyclic) bond motifs is 1. The summed E-state index contributed by atoms with van der Waals surface area (Å²) in [6, 6.07) is 0. The first-order valence-corrected chi connectivity index (χ1v) is 7.53. The summed E-state index contributed by atoms with van der Waals surface area (Å²) in [6.45, 7) is 0. The fourth-order valence-electron chi connectivity index (χ4n) is 1.64. The standard InChI is InChI=1S/C9H9N5O3S2/c1-10-7-8(14-2-3-18-9(14)12-7)19(15,16)13-6-4-11-17-5-6/h2-5,10,13H,1H3. The van der Waals surface area contributed by atoms with Gasteiger partial charge < -0.3 is 9.84 Å². The number of nitrogens with zero attached hydrogens (tertiary/aromatic N) is 3. The minimum absolute atomic E-state index is 0.0486. The highest BCUT2D eigenvalue weighted by atomic mass is 32.2. The van der Waals surface area contributed by atoms with Gasteiger partial charge in [0.15, 0.2) is 10.8 Å². The Kier molecular flexibility index (Phi) is 2.68. The van der Waals surface area contributed by atoms with Crippen LogP contribution in [0.3, 0.4) is 0 Å². The van der Waals surface area contributed by atoms with E-state index in [1.54, 1.807) is 18.6 Å². The summed E-state index contributed by atoms with van der Waals surface area (Å²) in [5.74, 6) is 0.288. The monoisotopic (exact) mass is 299 g/mol. The van der Waals surface area contributed by atoms with Crippen LogP contribution in [0.2, 0.25) is 0 Å². The van der Waals surface area contributed by atoms with Crippen LogP contribution < -0.4 is 10.0 Å². The van der Waals surface area contributed by atoms with Gasteiger partial charge in [0, 0.05) is 18.6 Å². The van der Waals surface area contributed by atoms with Crippen molar-refractivity contribution in [1.29, 1.82) is 0 Å². The van der Waals surface area contributed by atoms with Crippen LogP contribution in [0.15, 0.2) is 33.6 Å². The normalized spacial score (nSPS) is 11.8. The molecule has 0 saturated carbocycles. The van der Waals surface area contributed by atoms with E-state index in [0.717, 1.165) is 0 Å². The minimum Gasteiger partial charge on any atom is -0.371 e. The molecule has 0 fully saturated rings. The second kappa shape index (κ2) is 4.24. The number of imidazole rings is 1. The molecule has 0 bridgehead atoms. The van der Waals surface area contributed by atoms with Gasteiger partial charge in [0.05, 0.1) is 6.20 Å². The molecule has 100 valence electrons. The molecule has 0 spiro atoms. The number of rotatable bonds is 4. The van der Waals surface area contributed by atoms with Gasteiger partial charge in [-0.15, -0.1) is 11.3 Å². The zero-order chi connectivity index (χ0) is 13.5. The molecule has 0 atom stereocenters. The molecule has 0 saturated heterocycles. The molecule has 3 aromatic rings. The molecule has 0 aliphatic carbocycles. The van der Waals surface area contributed by atoms with Crippen molar-refractivity contribution in [1.82, 2.24) is 14.5 Å². The van der Waals surface area contributed by atoms with Gasteiger partial charge in [-0.25, -0.2) is 4.98 Å². The van der Waals surface area contributed by atoms with Gasteiger partial charge in [0.1, 0.15) is 12.0 Å². The van der Waals surface area contributed by atoms with E-state index in [4.69, 9.17) is 0 Å². The number of hydrogen-bond donors (Lipinski definition) is 2. The predicted octanol–water partition coefficient (Wildman–Crippen LogP) is 1.23. The molecule has 19 heavy (non-hydrogen) atoms. The average Bonchev–Trinajstić information content (AvgIpc) is 3.01. The quantitative estimate of drug-likeness (QED) is 0.751. The first-order chi connectivity index (χ1) is 9.12. The Morgan fingerprint density at radius 1 is 1.47 bits per heavy atom. The van der Waals surface area contributed by atoms with E-state index in [2.05, 4.69) is 24.7 Å². The Balaban J connectivity index is 2.14. The topological polar surface area (TPSA) is 102 Å². The third-order valence-electron chi connectivity index (χ3n) is 2.39. The Morgan fingerprint density at radius 2 is 2.32 bits per heavy atom. The Labute approximate surface area is 112 Å². The fraction of sp³-hybridized carbons (Fsp3) is 0.111. The van der Waals surface area contributed by atoms with Crippen molar-refractivity contribution >= 4 is 37.8 Å². The van der Waals surface area contributed by atoms with Gasteiger partial charge in [-0.1, -0.05) is 5.16 Å². The van der Waals surface area contributed by atoms with Crippen LogP contribution >= 0.6 is 11.3 Å². The third-order valence-corrected chi connectivity index (χ3v) is 4.55. The molecular formula is C9H9N5O3S2. The van der Waals surface area contributed by atoms with Crippen LogP contribution in [0, 0.1) is 0 Å². The zero-order valence-corrected chi connectivity index (χ0v) is 11.3. The van der Waals surface area contributed by atoms with Gasteiger partial charge >= 0.3 is 0 Å². The summed E-state index contributed by atoms with van der Waals surface area (Å²) >= 11 is 1.35. The van der Waals surface area contributed by atoms with E-state index >= 15 is 0 Å². The van der Waals surface area contributed by atoms with Crippen molar-refractivity contribution in [2.75, 3.05) is 17.1 Å². The van der Waals surface area contributed by atoms with Crippen molar-refractivity contribution in [2.24, 2.45) is 0 Å². The summed E-state index contributed by atoms with van der Waals surface area (Å²) in [4.78, 5) is 4.79. The number of sulfonamides is 1. The molecule has 3 aromatic heterocycles. The Morgan fingerprint density at radius 3 is 3.00 bits per heavy atom. The summed E-state index contributed by atoms with van der Waals surface area (Å²) < 4.78 is 33.2. The molecule has 0 aromatic carbocycles. The summed E-state index contributed by atoms with van der Waals surface area (Å²) in [7, 11) is -2.17. The lowest BCUT2D eigenvalue weighted by Gasteiger charge is -2.06. The van der Waals surface area contributed by atoms with Crippen molar-refractivity contribution < 1.29 is 12.9 Å². The van der Waals surface area contributed by atoms with Crippen LogP contribution in [0.5, 0.6) is 0 Å². The maximum absolute atomic E-state index is 12.4. The fourth-order valence-corrected chi connectivity index (χ4v) is 3.73. The van der Waals surface area contributed by atoms with Crippen LogP contribution in [-0.4, -0.2) is 30.0 Å². The van der Waals surface area contributed by atoms with Gasteiger partial charge in [-0.2, -0.15) is 8.42 Å². The average molecular weight is 299 g/mol. The highest BCUT2D eigenvalue weighted by Gasteiger charge is 2.26. The Hall–Kier alpha value is -2.07. The Bertz CT molecular complexity index is 802. The lowest BCUT2D eigenvalue weighted by molar-refractivity contribution is 0.420. The maximum atomic E-state index is 12.4. The highest BCUT2D eigenvalue weighted by Crippen LogP contribution is 2.26. The smallest absolute Gasteiger partial charge is 0.281 e. The SMILES string of the molecule is CNc1nc2sccn2c1S(=O)(=O)Nc1cnoc1. The van der Waals surface area contributed by atoms with E-state index in [9.17, 15) is 8.42 Å². The predicted molar refractivity (Wildman–Crippen MR) is 69.9 cm³/mol. The first kappa shape index (κ1) is 12.0. The van der Waals surface area contributed by atoms with Crippen LogP contribution in [0.1, 0.15) is 0 Å². The van der Waals surface area contributed by atoms with Crippen LogP contribution in [-0.2, 0) is 10.0 Å². The lowest BCUT2D eigenvalue weighted by Crippen LogP contribution is -2.16. The molecule has 0 unspecified atom stereocenters. The molecule has 0 aliphatic rings. The molecular weight excluding hydrogens is 290 g/mol.